The molecule has 3 aromatic carbocycles. The van der Waals surface area contributed by atoms with Gasteiger partial charge in [-0.3, -0.25) is 4.79 Å². The minimum absolute atomic E-state index is 0.0233. The molecule has 210 valence electrons. The second-order valence-electron chi connectivity index (χ2n) is 9.17. The van der Waals surface area contributed by atoms with E-state index in [0.717, 1.165) is 25.3 Å². The number of benzene rings is 3. The van der Waals surface area contributed by atoms with E-state index in [4.69, 9.17) is 16.3 Å². The van der Waals surface area contributed by atoms with Crippen LogP contribution in [0.25, 0.3) is 11.1 Å². The number of nitrogens with zero attached hydrogens (tertiary/aromatic N) is 1. The lowest BCUT2D eigenvalue weighted by Gasteiger charge is -2.38. The number of amides is 1. The number of halogens is 5. The van der Waals surface area contributed by atoms with E-state index in [0.29, 0.717) is 11.1 Å². The molecule has 0 bridgehead atoms. The fraction of sp³-hybridized carbons (Fsp3) is 0.241. The van der Waals surface area contributed by atoms with E-state index < -0.39 is 41.0 Å². The molecular weight excluding hydrogens is 554 g/mol. The van der Waals surface area contributed by atoms with E-state index in [1.54, 1.807) is 0 Å². The van der Waals surface area contributed by atoms with Gasteiger partial charge in [0.25, 0.3) is 5.91 Å². The van der Waals surface area contributed by atoms with Crippen LogP contribution in [0.1, 0.15) is 34.3 Å². The van der Waals surface area contributed by atoms with E-state index in [2.05, 4.69) is 11.3 Å². The minimum Gasteiger partial charge on any atom is -0.482 e. The monoisotopic (exact) mass is 577 g/mol. The maximum absolute atomic E-state index is 14.6. The van der Waals surface area contributed by atoms with Crippen LogP contribution in [-0.2, 0) is 15.1 Å². The number of hydrogen-bond acceptors (Lipinski definition) is 5. The Morgan fingerprint density at radius 2 is 1.85 bits per heavy atom. The fourth-order valence-corrected chi connectivity index (χ4v) is 5.02. The lowest BCUT2D eigenvalue weighted by atomic mass is 9.77. The van der Waals surface area contributed by atoms with Gasteiger partial charge in [0.15, 0.2) is 12.2 Å². The van der Waals surface area contributed by atoms with Crippen molar-refractivity contribution in [2.75, 3.05) is 25.2 Å². The number of aliphatic hydroxyl groups is 1. The lowest BCUT2D eigenvalue weighted by Crippen LogP contribution is -2.47. The summed E-state index contributed by atoms with van der Waals surface area (Å²) in [6.45, 7) is 4.52. The van der Waals surface area contributed by atoms with Gasteiger partial charge in [0.1, 0.15) is 11.6 Å². The molecule has 2 atom stereocenters. The Bertz CT molecular complexity index is 1490. The summed E-state index contributed by atoms with van der Waals surface area (Å²) < 4.78 is 68.2. The first kappa shape index (κ1) is 29.1. The van der Waals surface area contributed by atoms with Crippen LogP contribution in [0.2, 0.25) is 5.02 Å². The summed E-state index contributed by atoms with van der Waals surface area (Å²) in [5.74, 6) is -3.59. The van der Waals surface area contributed by atoms with E-state index in [1.165, 1.54) is 54.3 Å². The summed E-state index contributed by atoms with van der Waals surface area (Å²) in [6, 6.07) is 11.3. The number of carbonyl (C=O) groups excluding carboxylic acids is 2. The number of esters is 1. The standard InChI is InChI=1S/C29H24ClF4NO5/c1-4-11-35-24-14-19(7-10-25(24)40-15-26(35)36)28(38,29(32,33)34)16(2)20-8-5-17(12-22(20)30)18-6-9-21(23(31)13-18)27(37)39-3/h4-10,12-14,16,38H,1,11,15H2,2-3H3. The molecule has 4 rings (SSSR count). The SMILES string of the molecule is C=CCN1C(=O)COc2ccc(C(O)(C(C)c3ccc(-c4ccc(C(=O)OC)c(F)c4)cc3Cl)C(F)(F)F)cc21. The normalized spacial score (nSPS) is 15.5. The maximum atomic E-state index is 14.6. The molecule has 0 aliphatic carbocycles. The molecule has 1 amide bonds. The molecule has 40 heavy (non-hydrogen) atoms. The van der Waals surface area contributed by atoms with Crippen LogP contribution in [0, 0.1) is 5.82 Å². The van der Waals surface area contributed by atoms with Crippen molar-refractivity contribution in [3.8, 4) is 16.9 Å². The zero-order chi connectivity index (χ0) is 29.4. The summed E-state index contributed by atoms with van der Waals surface area (Å²) in [6.07, 6.45) is -3.73. The fourth-order valence-electron chi connectivity index (χ4n) is 4.68. The molecule has 1 N–H and O–H groups in total. The Morgan fingerprint density at radius 1 is 1.18 bits per heavy atom. The number of anilines is 1. The quantitative estimate of drug-likeness (QED) is 0.200. The largest absolute Gasteiger partial charge is 0.482 e. The van der Waals surface area contributed by atoms with E-state index in [1.807, 2.05) is 0 Å². The van der Waals surface area contributed by atoms with Crippen molar-refractivity contribution in [2.45, 2.75) is 24.6 Å². The predicted molar refractivity (Wildman–Crippen MR) is 141 cm³/mol. The summed E-state index contributed by atoms with van der Waals surface area (Å²) in [5, 5.41) is 11.2. The molecule has 0 saturated carbocycles. The number of hydrogen-bond donors (Lipinski definition) is 1. The molecule has 0 fully saturated rings. The maximum Gasteiger partial charge on any atom is 0.422 e. The van der Waals surface area contributed by atoms with E-state index in [-0.39, 0.29) is 40.7 Å². The van der Waals surface area contributed by atoms with Gasteiger partial charge in [0, 0.05) is 17.5 Å². The molecule has 0 spiro atoms. The van der Waals surface area contributed by atoms with Crippen LogP contribution in [0.3, 0.4) is 0 Å². The first-order chi connectivity index (χ1) is 18.8. The van der Waals surface area contributed by atoms with Gasteiger partial charge in [-0.25, -0.2) is 9.18 Å². The third kappa shape index (κ3) is 5.04. The molecule has 3 aromatic rings. The highest BCUT2D eigenvalue weighted by molar-refractivity contribution is 6.31. The summed E-state index contributed by atoms with van der Waals surface area (Å²) in [5.41, 5.74) is -3.47. The number of methoxy groups -OCH3 is 1. The topological polar surface area (TPSA) is 76.1 Å². The second kappa shape index (κ2) is 10.9. The van der Waals surface area contributed by atoms with Gasteiger partial charge in [-0.2, -0.15) is 13.2 Å². The first-order valence-electron chi connectivity index (χ1n) is 12.0. The predicted octanol–water partition coefficient (Wildman–Crippen LogP) is 6.40. The Morgan fingerprint density at radius 3 is 2.45 bits per heavy atom. The van der Waals surface area contributed by atoms with Gasteiger partial charge < -0.3 is 19.5 Å². The van der Waals surface area contributed by atoms with Gasteiger partial charge in [-0.05, 0) is 52.6 Å². The Labute approximate surface area is 232 Å². The Balaban J connectivity index is 1.76. The van der Waals surface area contributed by atoms with Crippen molar-refractivity contribution >= 4 is 29.2 Å². The molecule has 0 radical (unpaired) electrons. The molecule has 6 nitrogen and oxygen atoms in total. The zero-order valence-corrected chi connectivity index (χ0v) is 22.1. The molecule has 1 aliphatic heterocycles. The van der Waals surface area contributed by atoms with Gasteiger partial charge in [0.05, 0.1) is 18.4 Å². The smallest absolute Gasteiger partial charge is 0.422 e. The van der Waals surface area contributed by atoms with E-state index >= 15 is 0 Å². The first-order valence-corrected chi connectivity index (χ1v) is 12.4. The molecule has 0 saturated heterocycles. The van der Waals surface area contributed by atoms with Crippen molar-refractivity contribution < 1.29 is 41.7 Å². The summed E-state index contributed by atoms with van der Waals surface area (Å²) in [4.78, 5) is 25.2. The highest BCUT2D eigenvalue weighted by Crippen LogP contribution is 2.51. The van der Waals surface area contributed by atoms with Gasteiger partial charge in [0.2, 0.25) is 0 Å². The Kier molecular flexibility index (Phi) is 7.96. The van der Waals surface area contributed by atoms with Crippen LogP contribution in [0.4, 0.5) is 23.2 Å². The van der Waals surface area contributed by atoms with Crippen molar-refractivity contribution in [3.05, 3.63) is 94.8 Å². The second-order valence-corrected chi connectivity index (χ2v) is 9.58. The minimum atomic E-state index is -5.15. The number of ether oxygens (including phenoxy) is 2. The summed E-state index contributed by atoms with van der Waals surface area (Å²) in [7, 11) is 1.12. The molecule has 1 aliphatic rings. The number of alkyl halides is 3. The van der Waals surface area contributed by atoms with Crippen LogP contribution in [-0.4, -0.2) is 43.4 Å². The van der Waals surface area contributed by atoms with Gasteiger partial charge >= 0.3 is 12.1 Å². The molecular formula is C29H24ClF4NO5. The van der Waals surface area contributed by atoms with Gasteiger partial charge in [-0.1, -0.05) is 48.9 Å². The van der Waals surface area contributed by atoms with Crippen molar-refractivity contribution in [3.63, 3.8) is 0 Å². The van der Waals surface area contributed by atoms with Crippen LogP contribution in [0.15, 0.2) is 67.3 Å². The van der Waals surface area contributed by atoms with Crippen LogP contribution >= 0.6 is 11.6 Å². The molecule has 0 aromatic heterocycles. The van der Waals surface area contributed by atoms with E-state index in [9.17, 15) is 32.3 Å². The average molecular weight is 578 g/mol. The lowest BCUT2D eigenvalue weighted by molar-refractivity contribution is -0.274. The van der Waals surface area contributed by atoms with Crippen molar-refractivity contribution in [1.82, 2.24) is 0 Å². The van der Waals surface area contributed by atoms with Crippen molar-refractivity contribution in [2.24, 2.45) is 0 Å². The van der Waals surface area contributed by atoms with Crippen molar-refractivity contribution in [1.29, 1.82) is 0 Å². The summed E-state index contributed by atoms with van der Waals surface area (Å²) >= 11 is 6.43. The number of carbonyl (C=O) groups is 2. The van der Waals surface area contributed by atoms with Gasteiger partial charge in [-0.15, -0.1) is 6.58 Å². The van der Waals surface area contributed by atoms with Crippen LogP contribution < -0.4 is 9.64 Å². The molecule has 1 heterocycles. The third-order valence-electron chi connectivity index (χ3n) is 6.89. The highest BCUT2D eigenvalue weighted by atomic mass is 35.5. The Hall–Kier alpha value is -3.89. The third-order valence-corrected chi connectivity index (χ3v) is 7.21. The van der Waals surface area contributed by atoms with Crippen LogP contribution in [0.5, 0.6) is 5.75 Å². The zero-order valence-electron chi connectivity index (χ0n) is 21.4. The highest BCUT2D eigenvalue weighted by Gasteiger charge is 2.59. The number of rotatable bonds is 7. The molecule has 2 unspecified atom stereocenters. The molecule has 11 heteroatoms. The number of fused-ring (bicyclic) bond motifs is 1. The average Bonchev–Trinajstić information content (AvgIpc) is 2.92.